The van der Waals surface area contributed by atoms with Crippen LogP contribution in [-0.2, 0) is 25.7 Å². The molecule has 234 valence electrons. The first-order valence-electron chi connectivity index (χ1n) is 13.7. The summed E-state index contributed by atoms with van der Waals surface area (Å²) in [6.45, 7) is 2.91. The molecule has 0 aliphatic rings. The SMILES string of the molecule is CCN(Cc1ccc2nc(NC(=O)CC[C@H](N)C(=O)O)[nH]c(=O)c2c1)c1ccc(C(=O)N(C)[C@@H](CCC(=O)O)C(=O)O)cc1. The number of aliphatic carboxylic acids is 3. The molecule has 3 aromatic rings. The Balaban J connectivity index is 1.71. The number of carbonyl (C=O) groups is 5. The second-order valence-electron chi connectivity index (χ2n) is 10.1. The third-order valence-electron chi connectivity index (χ3n) is 6.97. The Hall–Kier alpha value is -5.31. The van der Waals surface area contributed by atoms with Gasteiger partial charge in [-0.3, -0.25) is 34.3 Å². The molecule has 15 nitrogen and oxygen atoms in total. The number of carboxylic acids is 3. The quantitative estimate of drug-likeness (QED) is 0.143. The average Bonchev–Trinajstić information content (AvgIpc) is 2.98. The van der Waals surface area contributed by atoms with Crippen LogP contribution in [0.1, 0.15) is 48.5 Å². The first kappa shape index (κ1) is 33.2. The molecule has 2 atom stereocenters. The van der Waals surface area contributed by atoms with Gasteiger partial charge in [-0.1, -0.05) is 6.07 Å². The van der Waals surface area contributed by atoms with Crippen LogP contribution in [-0.4, -0.2) is 85.6 Å². The average molecular weight is 611 g/mol. The smallest absolute Gasteiger partial charge is 0.326 e. The Morgan fingerprint density at radius 2 is 1.66 bits per heavy atom. The number of H-pyrrole nitrogens is 1. The number of amides is 2. The highest BCUT2D eigenvalue weighted by Gasteiger charge is 2.28. The Morgan fingerprint density at radius 3 is 2.25 bits per heavy atom. The molecule has 7 N–H and O–H groups in total. The van der Waals surface area contributed by atoms with Gasteiger partial charge in [0, 0.05) is 44.2 Å². The van der Waals surface area contributed by atoms with Gasteiger partial charge in [0.1, 0.15) is 12.1 Å². The summed E-state index contributed by atoms with van der Waals surface area (Å²) >= 11 is 0. The molecule has 0 fully saturated rings. The number of hydrogen-bond acceptors (Lipinski definition) is 9. The van der Waals surface area contributed by atoms with Crippen LogP contribution in [0.15, 0.2) is 47.3 Å². The van der Waals surface area contributed by atoms with E-state index in [4.69, 9.17) is 15.9 Å². The van der Waals surface area contributed by atoms with Gasteiger partial charge in [-0.15, -0.1) is 0 Å². The van der Waals surface area contributed by atoms with Gasteiger partial charge in [-0.25, -0.2) is 9.78 Å². The summed E-state index contributed by atoms with van der Waals surface area (Å²) in [5, 5.41) is 29.9. The van der Waals surface area contributed by atoms with Crippen LogP contribution in [0.3, 0.4) is 0 Å². The van der Waals surface area contributed by atoms with Crippen LogP contribution >= 0.6 is 0 Å². The first-order valence-corrected chi connectivity index (χ1v) is 13.7. The van der Waals surface area contributed by atoms with Crippen LogP contribution in [0.5, 0.6) is 0 Å². The lowest BCUT2D eigenvalue weighted by atomic mass is 10.1. The highest BCUT2D eigenvalue weighted by atomic mass is 16.4. The van der Waals surface area contributed by atoms with Crippen molar-refractivity contribution in [2.45, 2.75) is 51.2 Å². The Morgan fingerprint density at radius 1 is 0.977 bits per heavy atom. The molecular formula is C29H34N6O9. The molecule has 1 aromatic heterocycles. The molecule has 2 aromatic carbocycles. The predicted octanol–water partition coefficient (Wildman–Crippen LogP) is 1.47. The van der Waals surface area contributed by atoms with E-state index in [-0.39, 0.29) is 37.2 Å². The van der Waals surface area contributed by atoms with Gasteiger partial charge in [0.25, 0.3) is 11.5 Å². The normalized spacial score (nSPS) is 12.2. The molecule has 1 heterocycles. The Bertz CT molecular complexity index is 1610. The van der Waals surface area contributed by atoms with Crippen molar-refractivity contribution in [3.63, 3.8) is 0 Å². The van der Waals surface area contributed by atoms with E-state index in [0.717, 1.165) is 16.2 Å². The van der Waals surface area contributed by atoms with Crippen LogP contribution in [0.4, 0.5) is 11.6 Å². The summed E-state index contributed by atoms with van der Waals surface area (Å²) in [4.78, 5) is 80.9. The maximum atomic E-state index is 12.9. The molecular weight excluding hydrogens is 576 g/mol. The van der Waals surface area contributed by atoms with Crippen molar-refractivity contribution in [1.29, 1.82) is 0 Å². The van der Waals surface area contributed by atoms with E-state index in [1.54, 1.807) is 42.5 Å². The van der Waals surface area contributed by atoms with Gasteiger partial charge in [-0.2, -0.15) is 0 Å². The Kier molecular flexibility index (Phi) is 11.1. The van der Waals surface area contributed by atoms with E-state index in [0.29, 0.717) is 24.0 Å². The molecule has 0 saturated carbocycles. The number of carboxylic acid groups (broad SMARTS) is 3. The molecule has 0 spiro atoms. The van der Waals surface area contributed by atoms with Crippen molar-refractivity contribution < 1.29 is 39.3 Å². The van der Waals surface area contributed by atoms with E-state index >= 15 is 0 Å². The van der Waals surface area contributed by atoms with Gasteiger partial charge in [0.2, 0.25) is 11.9 Å². The molecule has 0 radical (unpaired) electrons. The van der Waals surface area contributed by atoms with Crippen LogP contribution in [0.2, 0.25) is 0 Å². The van der Waals surface area contributed by atoms with E-state index in [2.05, 4.69) is 15.3 Å². The minimum atomic E-state index is -1.29. The fourth-order valence-corrected chi connectivity index (χ4v) is 4.46. The zero-order chi connectivity index (χ0) is 32.6. The van der Waals surface area contributed by atoms with Crippen LogP contribution < -0.4 is 21.5 Å². The van der Waals surface area contributed by atoms with Crippen molar-refractivity contribution >= 4 is 52.3 Å². The monoisotopic (exact) mass is 610 g/mol. The number of fused-ring (bicyclic) bond motifs is 1. The number of hydrogen-bond donors (Lipinski definition) is 6. The van der Waals surface area contributed by atoms with E-state index in [1.807, 2.05) is 11.8 Å². The number of carbonyl (C=O) groups excluding carboxylic acids is 2. The summed E-state index contributed by atoms with van der Waals surface area (Å²) in [5.74, 6) is -4.84. The molecule has 0 aliphatic carbocycles. The lowest BCUT2D eigenvalue weighted by molar-refractivity contribution is -0.143. The number of anilines is 2. The Labute approximate surface area is 251 Å². The number of nitrogens with one attached hydrogen (secondary N) is 2. The maximum absolute atomic E-state index is 12.9. The number of benzene rings is 2. The molecule has 0 saturated heterocycles. The topological polar surface area (TPSA) is 236 Å². The number of likely N-dealkylation sites (N-methyl/N-ethyl adjacent to an activating group) is 1. The van der Waals surface area contributed by atoms with Crippen LogP contribution in [0.25, 0.3) is 10.9 Å². The van der Waals surface area contributed by atoms with Gasteiger partial charge in [-0.05, 0) is 61.7 Å². The van der Waals surface area contributed by atoms with Crippen molar-refractivity contribution in [3.8, 4) is 0 Å². The van der Waals surface area contributed by atoms with Gasteiger partial charge in [0.15, 0.2) is 0 Å². The summed E-state index contributed by atoms with van der Waals surface area (Å²) in [7, 11) is 1.32. The molecule has 0 bridgehead atoms. The highest BCUT2D eigenvalue weighted by Crippen LogP contribution is 2.21. The molecule has 3 rings (SSSR count). The van der Waals surface area contributed by atoms with Crippen molar-refractivity contribution in [3.05, 3.63) is 63.9 Å². The zero-order valence-corrected chi connectivity index (χ0v) is 24.1. The van der Waals surface area contributed by atoms with Crippen molar-refractivity contribution in [2.75, 3.05) is 23.8 Å². The summed E-state index contributed by atoms with van der Waals surface area (Å²) in [5.41, 5.74) is 7.06. The zero-order valence-electron chi connectivity index (χ0n) is 24.1. The lowest BCUT2D eigenvalue weighted by Gasteiger charge is -2.26. The van der Waals surface area contributed by atoms with E-state index in [9.17, 15) is 33.9 Å². The second-order valence-corrected chi connectivity index (χ2v) is 10.1. The maximum Gasteiger partial charge on any atom is 0.326 e. The highest BCUT2D eigenvalue weighted by molar-refractivity contribution is 5.97. The van der Waals surface area contributed by atoms with E-state index in [1.165, 1.54) is 7.05 Å². The minimum absolute atomic E-state index is 0.0730. The molecule has 0 unspecified atom stereocenters. The second kappa shape index (κ2) is 14.7. The third kappa shape index (κ3) is 8.61. The summed E-state index contributed by atoms with van der Waals surface area (Å²) in [6, 6.07) is 9.19. The predicted molar refractivity (Wildman–Crippen MR) is 159 cm³/mol. The first-order chi connectivity index (χ1) is 20.8. The fraction of sp³-hybridized carbons (Fsp3) is 0.345. The summed E-state index contributed by atoms with van der Waals surface area (Å²) in [6.07, 6.45) is -0.855. The number of aromatic nitrogens is 2. The molecule has 0 aliphatic heterocycles. The molecule has 2 amide bonds. The number of nitrogens with zero attached hydrogens (tertiary/aromatic N) is 3. The molecule has 44 heavy (non-hydrogen) atoms. The van der Waals surface area contributed by atoms with Gasteiger partial charge in [0.05, 0.1) is 10.9 Å². The number of rotatable bonds is 15. The van der Waals surface area contributed by atoms with Crippen LogP contribution in [0, 0.1) is 0 Å². The van der Waals surface area contributed by atoms with Crippen molar-refractivity contribution in [1.82, 2.24) is 14.9 Å². The molecule has 15 heteroatoms. The fourth-order valence-electron chi connectivity index (χ4n) is 4.46. The van der Waals surface area contributed by atoms with E-state index < -0.39 is 47.4 Å². The van der Waals surface area contributed by atoms with Crippen molar-refractivity contribution in [2.24, 2.45) is 5.73 Å². The van der Waals surface area contributed by atoms with Gasteiger partial charge >= 0.3 is 17.9 Å². The number of nitrogens with two attached hydrogens (primary N) is 1. The number of aromatic amines is 1. The lowest BCUT2D eigenvalue weighted by Crippen LogP contribution is -2.42. The standard InChI is InChI=1S/C29H34N6O9/c1-3-35(18-7-5-17(6-8-18)26(40)34(2)22(28(43)44)11-13-24(37)38)15-16-4-10-21-19(14-16)25(39)33-29(31-21)32-23(36)12-9-20(30)27(41)42/h4-8,10,14,20,22H,3,9,11-13,15,30H2,1-2H3,(H,37,38)(H,41,42)(H,43,44)(H2,31,32,33,36,39)/t20-,22-/m0/s1. The minimum Gasteiger partial charge on any atom is -0.481 e. The summed E-state index contributed by atoms with van der Waals surface area (Å²) < 4.78 is 0. The third-order valence-corrected chi connectivity index (χ3v) is 6.97. The largest absolute Gasteiger partial charge is 0.481 e. The van der Waals surface area contributed by atoms with Gasteiger partial charge < -0.3 is 30.9 Å².